The fourth-order valence-corrected chi connectivity index (χ4v) is 8.57. The standard InChI is InChI=1S/C14H18N2O12S4/c17-29(18,19)14(9-12-15-10-3-1-2-4-11(10)16-12)32(24,25)26-6-5-13-30(20,21)27-7-8-28-31(13,22)23/h1-4,13-14H,5-9H2,(H,15,16)(H,17,18,19). The van der Waals surface area contributed by atoms with Gasteiger partial charge in [-0.3, -0.25) is 17.1 Å². The van der Waals surface area contributed by atoms with Crippen molar-refractivity contribution in [1.29, 1.82) is 0 Å². The van der Waals surface area contributed by atoms with Crippen molar-refractivity contribution in [3.8, 4) is 0 Å². The average molecular weight is 535 g/mol. The van der Waals surface area contributed by atoms with Gasteiger partial charge in [0.05, 0.1) is 30.9 Å². The van der Waals surface area contributed by atoms with Crippen LogP contribution in [0.25, 0.3) is 11.0 Å². The third-order valence-corrected chi connectivity index (χ3v) is 12.0. The fraction of sp³-hybridized carbons (Fsp3) is 0.500. The van der Waals surface area contributed by atoms with Crippen LogP contribution in [0.5, 0.6) is 0 Å². The van der Waals surface area contributed by atoms with Gasteiger partial charge in [-0.2, -0.15) is 33.7 Å². The lowest BCUT2D eigenvalue weighted by molar-refractivity contribution is 0.237. The molecule has 0 spiro atoms. The maximum Gasteiger partial charge on any atom is 0.287 e. The lowest BCUT2D eigenvalue weighted by Crippen LogP contribution is -2.36. The van der Waals surface area contributed by atoms with E-state index in [-0.39, 0.29) is 5.82 Å². The Bertz CT molecular complexity index is 1340. The summed E-state index contributed by atoms with van der Waals surface area (Å²) in [6, 6.07) is 6.50. The van der Waals surface area contributed by atoms with E-state index in [4.69, 9.17) is 0 Å². The molecule has 0 aliphatic carbocycles. The number of para-hydroxylation sites is 2. The molecule has 0 radical (unpaired) electrons. The van der Waals surface area contributed by atoms with Crippen LogP contribution in [0.15, 0.2) is 24.3 Å². The first-order valence-corrected chi connectivity index (χ1v) is 14.7. The van der Waals surface area contributed by atoms with Gasteiger partial charge in [0.15, 0.2) is 0 Å². The molecule has 0 bridgehead atoms. The van der Waals surface area contributed by atoms with Gasteiger partial charge in [-0.15, -0.1) is 0 Å². The van der Waals surface area contributed by atoms with Crippen molar-refractivity contribution < 1.29 is 50.8 Å². The molecule has 1 aromatic heterocycles. The number of hydrogen-bond donors (Lipinski definition) is 2. The van der Waals surface area contributed by atoms with Crippen molar-refractivity contribution >= 4 is 51.5 Å². The zero-order valence-electron chi connectivity index (χ0n) is 16.0. The minimum atomic E-state index is -5.22. The summed E-state index contributed by atoms with van der Waals surface area (Å²) in [5, 5.41) is 0. The molecule has 0 saturated carbocycles. The third kappa shape index (κ3) is 5.63. The Labute approximate surface area is 184 Å². The van der Waals surface area contributed by atoms with Gasteiger partial charge in [0.1, 0.15) is 5.82 Å². The summed E-state index contributed by atoms with van der Waals surface area (Å²) in [5.74, 6) is -0.0864. The predicted molar refractivity (Wildman–Crippen MR) is 108 cm³/mol. The van der Waals surface area contributed by atoms with Crippen molar-refractivity contribution in [3.63, 3.8) is 0 Å². The molecule has 1 aromatic carbocycles. The molecule has 2 N–H and O–H groups in total. The predicted octanol–water partition coefficient (Wildman–Crippen LogP) is -0.912. The van der Waals surface area contributed by atoms with E-state index in [1.165, 1.54) is 0 Å². The van der Waals surface area contributed by atoms with Crippen molar-refractivity contribution in [2.24, 2.45) is 0 Å². The van der Waals surface area contributed by atoms with Crippen LogP contribution < -0.4 is 0 Å². The number of aromatic nitrogens is 2. The Morgan fingerprint density at radius 1 is 1.09 bits per heavy atom. The molecule has 18 heteroatoms. The summed E-state index contributed by atoms with van der Waals surface area (Å²) >= 11 is 0. The van der Waals surface area contributed by atoms with Crippen LogP contribution in [-0.4, -0.2) is 77.2 Å². The fourth-order valence-electron chi connectivity index (χ4n) is 2.84. The highest BCUT2D eigenvalue weighted by Crippen LogP contribution is 2.23. The molecule has 180 valence electrons. The molecule has 1 atom stereocenters. The summed E-state index contributed by atoms with van der Waals surface area (Å²) in [6.45, 7) is -2.16. The minimum Gasteiger partial charge on any atom is -0.342 e. The van der Waals surface area contributed by atoms with Crippen LogP contribution in [-0.2, 0) is 59.4 Å². The van der Waals surface area contributed by atoms with Crippen LogP contribution in [0.4, 0.5) is 0 Å². The Hall–Kier alpha value is -1.67. The van der Waals surface area contributed by atoms with Crippen LogP contribution in [0.1, 0.15) is 12.2 Å². The second kappa shape index (κ2) is 8.93. The zero-order chi connectivity index (χ0) is 23.8. The second-order valence-electron chi connectivity index (χ2n) is 6.51. The molecule has 2 heterocycles. The molecule has 1 fully saturated rings. The number of fused-ring (bicyclic) bond motifs is 1. The number of nitrogens with one attached hydrogen (secondary N) is 1. The van der Waals surface area contributed by atoms with E-state index in [0.717, 1.165) is 0 Å². The number of hydrogen-bond acceptors (Lipinski definition) is 12. The number of benzene rings is 1. The number of nitrogens with zero attached hydrogens (tertiary/aromatic N) is 1. The quantitative estimate of drug-likeness (QED) is 0.310. The van der Waals surface area contributed by atoms with Gasteiger partial charge in [0.2, 0.25) is 9.16 Å². The third-order valence-electron chi connectivity index (χ3n) is 4.28. The molecule has 14 nitrogen and oxygen atoms in total. The molecule has 1 aliphatic rings. The Kier molecular flexibility index (Phi) is 6.97. The first kappa shape index (κ1) is 25.0. The van der Waals surface area contributed by atoms with Crippen molar-refractivity contribution in [2.45, 2.75) is 22.0 Å². The highest BCUT2D eigenvalue weighted by Gasteiger charge is 2.43. The molecule has 1 saturated heterocycles. The van der Waals surface area contributed by atoms with E-state index in [1.807, 2.05) is 0 Å². The molecule has 32 heavy (non-hydrogen) atoms. The lowest BCUT2D eigenvalue weighted by Gasteiger charge is -2.16. The molecular formula is C14H18N2O12S4. The molecule has 2 aromatic rings. The SMILES string of the molecule is O=S(=O)(O)C(Cc1nc2ccccc2[nH]1)S(=O)(=O)OCCC1S(=O)(=O)OCCOS1(=O)=O. The van der Waals surface area contributed by atoms with Gasteiger partial charge in [0.25, 0.3) is 40.5 Å². The van der Waals surface area contributed by atoms with Gasteiger partial charge in [0, 0.05) is 12.8 Å². The van der Waals surface area contributed by atoms with Crippen LogP contribution in [0.2, 0.25) is 0 Å². The molecule has 3 rings (SSSR count). The smallest absolute Gasteiger partial charge is 0.287 e. The zero-order valence-corrected chi connectivity index (χ0v) is 19.3. The molecule has 1 aliphatic heterocycles. The summed E-state index contributed by atoms with van der Waals surface area (Å²) < 4.78 is 114. The van der Waals surface area contributed by atoms with Gasteiger partial charge in [-0.05, 0) is 12.1 Å². The first-order chi connectivity index (χ1) is 14.7. The van der Waals surface area contributed by atoms with Crippen molar-refractivity contribution in [2.75, 3.05) is 19.8 Å². The molecule has 0 amide bonds. The van der Waals surface area contributed by atoms with Crippen LogP contribution in [0.3, 0.4) is 0 Å². The highest BCUT2D eigenvalue weighted by molar-refractivity contribution is 8.05. The van der Waals surface area contributed by atoms with Crippen molar-refractivity contribution in [3.05, 3.63) is 30.1 Å². The Morgan fingerprint density at radius 3 is 2.25 bits per heavy atom. The van der Waals surface area contributed by atoms with Gasteiger partial charge in [-0.25, -0.2) is 4.98 Å². The number of H-pyrrole nitrogens is 1. The van der Waals surface area contributed by atoms with E-state index in [0.29, 0.717) is 11.0 Å². The van der Waals surface area contributed by atoms with Gasteiger partial charge >= 0.3 is 0 Å². The summed E-state index contributed by atoms with van der Waals surface area (Å²) in [5.41, 5.74) is 0.900. The lowest BCUT2D eigenvalue weighted by atomic mass is 10.3. The summed E-state index contributed by atoms with van der Waals surface area (Å²) in [6.07, 6.45) is -1.76. The van der Waals surface area contributed by atoms with Gasteiger partial charge < -0.3 is 4.98 Å². The summed E-state index contributed by atoms with van der Waals surface area (Å²) in [4.78, 5) is 6.75. The maximum atomic E-state index is 12.5. The Morgan fingerprint density at radius 2 is 1.69 bits per heavy atom. The Balaban J connectivity index is 1.78. The van der Waals surface area contributed by atoms with Gasteiger partial charge in [-0.1, -0.05) is 12.1 Å². The monoisotopic (exact) mass is 534 g/mol. The van der Waals surface area contributed by atoms with E-state index in [1.54, 1.807) is 24.3 Å². The topological polar surface area (TPSA) is 213 Å². The van der Waals surface area contributed by atoms with E-state index in [2.05, 4.69) is 22.5 Å². The van der Waals surface area contributed by atoms with Crippen molar-refractivity contribution in [1.82, 2.24) is 9.97 Å². The number of rotatable bonds is 8. The van der Waals surface area contributed by atoms with Crippen LogP contribution >= 0.6 is 0 Å². The van der Waals surface area contributed by atoms with E-state index < -0.39 is 82.3 Å². The molecule has 1 unspecified atom stereocenters. The largest absolute Gasteiger partial charge is 0.342 e. The van der Waals surface area contributed by atoms with E-state index >= 15 is 0 Å². The number of imidazole rings is 1. The normalized spacial score (nSPS) is 20.7. The first-order valence-electron chi connectivity index (χ1n) is 8.77. The maximum absolute atomic E-state index is 12.5. The average Bonchev–Trinajstić information content (AvgIpc) is 3.04. The second-order valence-corrected chi connectivity index (χ2v) is 14.1. The number of aromatic amines is 1. The highest BCUT2D eigenvalue weighted by atomic mass is 32.3. The van der Waals surface area contributed by atoms with Crippen LogP contribution in [0, 0.1) is 0 Å². The van der Waals surface area contributed by atoms with E-state index in [9.17, 15) is 38.2 Å². The summed E-state index contributed by atoms with van der Waals surface area (Å²) in [7, 11) is -19.6. The molecular weight excluding hydrogens is 516 g/mol. The minimum absolute atomic E-state index is 0.0864.